The Bertz CT molecular complexity index is 756. The van der Waals surface area contributed by atoms with Crippen molar-refractivity contribution < 1.29 is 59.9 Å². The summed E-state index contributed by atoms with van der Waals surface area (Å²) < 4.78 is 17.1. The SMILES string of the molecule is O=C1C(O[C@@H]2O[C@H](CO)[C@@H](O)[C@H](O)[C@H]2O)=C(C2CCC(O)C(O)C2)OC2CC(O)CC(O)C12. The molecule has 2 heterocycles. The van der Waals surface area contributed by atoms with Crippen molar-refractivity contribution in [2.75, 3.05) is 6.61 Å². The smallest absolute Gasteiger partial charge is 0.229 e. The van der Waals surface area contributed by atoms with Crippen LogP contribution in [0.25, 0.3) is 0 Å². The maximum Gasteiger partial charge on any atom is 0.229 e. The first-order valence-electron chi connectivity index (χ1n) is 11.3. The van der Waals surface area contributed by atoms with Gasteiger partial charge in [-0.3, -0.25) is 4.79 Å². The van der Waals surface area contributed by atoms with Crippen molar-refractivity contribution in [1.82, 2.24) is 0 Å². The molecule has 0 aromatic carbocycles. The molecule has 0 bridgehead atoms. The second-order valence-electron chi connectivity index (χ2n) is 9.39. The number of ketones is 1. The van der Waals surface area contributed by atoms with Gasteiger partial charge in [-0.05, 0) is 19.3 Å². The number of carbonyl (C=O) groups excluding carboxylic acids is 1. The second kappa shape index (κ2) is 9.72. The Labute approximate surface area is 189 Å². The van der Waals surface area contributed by atoms with Gasteiger partial charge in [-0.1, -0.05) is 0 Å². The number of aliphatic hydroxyl groups is 8. The first-order chi connectivity index (χ1) is 15.6. The molecule has 12 nitrogen and oxygen atoms in total. The molecular formula is C21H32O12. The van der Waals surface area contributed by atoms with Crippen molar-refractivity contribution in [2.24, 2.45) is 11.8 Å². The summed E-state index contributed by atoms with van der Waals surface area (Å²) in [5.74, 6) is -2.53. The quantitative estimate of drug-likeness (QED) is 0.200. The highest BCUT2D eigenvalue weighted by molar-refractivity contribution is 5.97. The van der Waals surface area contributed by atoms with Crippen LogP contribution in [0.1, 0.15) is 32.1 Å². The van der Waals surface area contributed by atoms with Gasteiger partial charge in [0, 0.05) is 18.8 Å². The minimum Gasteiger partial charge on any atom is -0.489 e. The molecule has 0 aromatic heterocycles. The van der Waals surface area contributed by atoms with Gasteiger partial charge in [0.05, 0.1) is 36.9 Å². The predicted octanol–water partition coefficient (Wildman–Crippen LogP) is -3.36. The molecule has 0 aromatic rings. The maximum atomic E-state index is 13.4. The molecule has 2 saturated carbocycles. The van der Waals surface area contributed by atoms with Gasteiger partial charge in [0.2, 0.25) is 17.8 Å². The van der Waals surface area contributed by atoms with E-state index in [0.29, 0.717) is 6.42 Å². The van der Waals surface area contributed by atoms with E-state index in [9.17, 15) is 45.6 Å². The summed E-state index contributed by atoms with van der Waals surface area (Å²) in [7, 11) is 0. The second-order valence-corrected chi connectivity index (χ2v) is 9.39. The maximum absolute atomic E-state index is 13.4. The Kier molecular flexibility index (Phi) is 7.29. The average Bonchev–Trinajstić information content (AvgIpc) is 2.76. The Morgan fingerprint density at radius 1 is 0.848 bits per heavy atom. The molecule has 12 atom stereocenters. The lowest BCUT2D eigenvalue weighted by molar-refractivity contribution is -0.292. The van der Waals surface area contributed by atoms with E-state index in [1.54, 1.807) is 0 Å². The number of aliphatic hydroxyl groups excluding tert-OH is 8. The van der Waals surface area contributed by atoms with E-state index in [4.69, 9.17) is 14.2 Å². The Morgan fingerprint density at radius 3 is 2.24 bits per heavy atom. The van der Waals surface area contributed by atoms with E-state index >= 15 is 0 Å². The number of fused-ring (bicyclic) bond motifs is 1. The van der Waals surface area contributed by atoms with Crippen molar-refractivity contribution in [3.63, 3.8) is 0 Å². The fourth-order valence-corrected chi connectivity index (χ4v) is 5.19. The van der Waals surface area contributed by atoms with E-state index in [1.807, 2.05) is 0 Å². The Morgan fingerprint density at radius 2 is 1.58 bits per heavy atom. The fraction of sp³-hybridized carbons (Fsp3) is 0.857. The fourth-order valence-electron chi connectivity index (χ4n) is 5.19. The lowest BCUT2D eigenvalue weighted by Gasteiger charge is -2.45. The monoisotopic (exact) mass is 476 g/mol. The highest BCUT2D eigenvalue weighted by Gasteiger charge is 2.52. The number of allylic oxidation sites excluding steroid dienone is 2. The lowest BCUT2D eigenvalue weighted by atomic mass is 9.75. The lowest BCUT2D eigenvalue weighted by Crippen LogP contribution is -2.59. The van der Waals surface area contributed by atoms with Crippen LogP contribution in [-0.2, 0) is 19.0 Å². The molecule has 188 valence electrons. The summed E-state index contributed by atoms with van der Waals surface area (Å²) in [6.07, 6.45) is -12.2. The van der Waals surface area contributed by atoms with Crippen LogP contribution in [-0.4, -0.2) is 114 Å². The van der Waals surface area contributed by atoms with Crippen molar-refractivity contribution >= 4 is 5.78 Å². The molecule has 2 aliphatic heterocycles. The van der Waals surface area contributed by atoms with E-state index in [-0.39, 0.29) is 37.2 Å². The van der Waals surface area contributed by atoms with Gasteiger partial charge in [-0.2, -0.15) is 0 Å². The molecule has 3 fully saturated rings. The van der Waals surface area contributed by atoms with E-state index in [2.05, 4.69) is 0 Å². The number of hydrogen-bond acceptors (Lipinski definition) is 12. The van der Waals surface area contributed by atoms with E-state index < -0.39 is 85.5 Å². The minimum atomic E-state index is -1.76. The summed E-state index contributed by atoms with van der Waals surface area (Å²) in [6, 6.07) is 0. The van der Waals surface area contributed by atoms with Gasteiger partial charge >= 0.3 is 0 Å². The molecule has 12 heteroatoms. The number of ether oxygens (including phenoxy) is 3. The van der Waals surface area contributed by atoms with Crippen molar-refractivity contribution in [3.05, 3.63) is 11.5 Å². The van der Waals surface area contributed by atoms with Crippen LogP contribution in [0.15, 0.2) is 11.5 Å². The number of carbonyl (C=O) groups is 1. The summed E-state index contributed by atoms with van der Waals surface area (Å²) in [4.78, 5) is 13.4. The molecule has 0 spiro atoms. The highest BCUT2D eigenvalue weighted by Crippen LogP contribution is 2.43. The van der Waals surface area contributed by atoms with Gasteiger partial charge < -0.3 is 55.1 Å². The number of Topliss-reactive ketones (excluding diaryl/α,β-unsaturated/α-hetero) is 1. The molecule has 4 aliphatic rings. The van der Waals surface area contributed by atoms with Crippen LogP contribution in [0.4, 0.5) is 0 Å². The van der Waals surface area contributed by atoms with Crippen LogP contribution in [0, 0.1) is 11.8 Å². The molecule has 7 unspecified atom stereocenters. The summed E-state index contributed by atoms with van der Waals surface area (Å²) in [5.41, 5.74) is 0. The highest BCUT2D eigenvalue weighted by atomic mass is 16.7. The van der Waals surface area contributed by atoms with Crippen LogP contribution < -0.4 is 0 Å². The summed E-state index contributed by atoms with van der Waals surface area (Å²) >= 11 is 0. The molecule has 2 aliphatic carbocycles. The average molecular weight is 476 g/mol. The molecule has 1 saturated heterocycles. The molecule has 0 amide bonds. The summed E-state index contributed by atoms with van der Waals surface area (Å²) in [5, 5.41) is 80.4. The van der Waals surface area contributed by atoms with Crippen molar-refractivity contribution in [3.8, 4) is 0 Å². The third kappa shape index (κ3) is 4.64. The molecule has 8 N–H and O–H groups in total. The van der Waals surface area contributed by atoms with Gasteiger partial charge in [0.25, 0.3) is 0 Å². The molecular weight excluding hydrogens is 444 g/mol. The Balaban J connectivity index is 1.67. The molecule has 4 rings (SSSR count). The van der Waals surface area contributed by atoms with Crippen LogP contribution in [0.2, 0.25) is 0 Å². The van der Waals surface area contributed by atoms with Gasteiger partial charge in [0.1, 0.15) is 36.3 Å². The van der Waals surface area contributed by atoms with Crippen LogP contribution in [0.3, 0.4) is 0 Å². The van der Waals surface area contributed by atoms with Gasteiger partial charge in [-0.25, -0.2) is 0 Å². The molecule has 0 radical (unpaired) electrons. The predicted molar refractivity (Wildman–Crippen MR) is 106 cm³/mol. The first-order valence-corrected chi connectivity index (χ1v) is 11.3. The third-order valence-corrected chi connectivity index (χ3v) is 7.10. The third-order valence-electron chi connectivity index (χ3n) is 7.10. The normalized spacial score (nSPS) is 48.8. The van der Waals surface area contributed by atoms with Crippen LogP contribution in [0.5, 0.6) is 0 Å². The summed E-state index contributed by atoms with van der Waals surface area (Å²) in [6.45, 7) is -0.685. The zero-order chi connectivity index (χ0) is 24.0. The van der Waals surface area contributed by atoms with Crippen LogP contribution >= 0.6 is 0 Å². The largest absolute Gasteiger partial charge is 0.489 e. The number of rotatable bonds is 4. The van der Waals surface area contributed by atoms with Gasteiger partial charge in [0.15, 0.2) is 0 Å². The van der Waals surface area contributed by atoms with Gasteiger partial charge in [-0.15, -0.1) is 0 Å². The first kappa shape index (κ1) is 24.8. The zero-order valence-electron chi connectivity index (χ0n) is 17.9. The topological polar surface area (TPSA) is 207 Å². The Hall–Kier alpha value is -1.35. The van der Waals surface area contributed by atoms with E-state index in [1.165, 1.54) is 0 Å². The van der Waals surface area contributed by atoms with Crippen molar-refractivity contribution in [1.29, 1.82) is 0 Å². The zero-order valence-corrected chi connectivity index (χ0v) is 17.9. The minimum absolute atomic E-state index is 0.0345. The number of hydrogen-bond donors (Lipinski definition) is 8. The standard InChI is InChI=1S/C21H32O12/c22-6-13-15(27)17(29)18(30)21(32-13)33-20-16(28)14-11(26)4-8(23)5-12(14)31-19(20)7-1-2-9(24)10(25)3-7/h7-15,17-18,21-27,29-30H,1-6H2/t7?,8?,9?,10?,11?,12?,13-,14?,15-,17+,18-,21+/m1/s1. The van der Waals surface area contributed by atoms with E-state index in [0.717, 1.165) is 0 Å². The van der Waals surface area contributed by atoms with Crippen molar-refractivity contribution in [2.45, 2.75) is 93.3 Å². The molecule has 33 heavy (non-hydrogen) atoms.